The summed E-state index contributed by atoms with van der Waals surface area (Å²) >= 11 is 1.48. The first-order chi connectivity index (χ1) is 34.2. The number of nitrogens with one attached hydrogen (secondary N) is 2. The van der Waals surface area contributed by atoms with Gasteiger partial charge in [-0.2, -0.15) is 9.97 Å². The van der Waals surface area contributed by atoms with Crippen LogP contribution in [0.4, 0.5) is 27.9 Å². The number of nitrogens with two attached hydrogens (primary N) is 2. The van der Waals surface area contributed by atoms with Gasteiger partial charge in [0, 0.05) is 65.8 Å². The lowest BCUT2D eigenvalue weighted by atomic mass is 9.80. The minimum absolute atomic E-state index is 0.0157. The summed E-state index contributed by atoms with van der Waals surface area (Å²) in [7, 11) is 3.65. The van der Waals surface area contributed by atoms with Crippen molar-refractivity contribution < 1.29 is 33.3 Å². The summed E-state index contributed by atoms with van der Waals surface area (Å²) in [5.41, 5.74) is 19.3. The lowest BCUT2D eigenvalue weighted by molar-refractivity contribution is -0.154. The van der Waals surface area contributed by atoms with Gasteiger partial charge < -0.3 is 46.3 Å². The van der Waals surface area contributed by atoms with Crippen LogP contribution >= 0.6 is 11.3 Å². The van der Waals surface area contributed by atoms with Crippen molar-refractivity contribution in [2.45, 2.75) is 123 Å². The van der Waals surface area contributed by atoms with Crippen molar-refractivity contribution in [1.29, 1.82) is 0 Å². The van der Waals surface area contributed by atoms with Crippen molar-refractivity contribution in [1.82, 2.24) is 29.8 Å². The third-order valence-electron chi connectivity index (χ3n) is 13.4. The lowest BCUT2D eigenvalue weighted by Crippen LogP contribution is -2.32. The molecular formula is C53H73FN10O6S. The quantitative estimate of drug-likeness (QED) is 0.0260. The second kappa shape index (κ2) is 26.5. The number of unbranched alkanes of at least 4 members (excludes halogenated alkanes) is 1. The monoisotopic (exact) mass is 997 g/mol. The largest absolute Gasteiger partial charge is 0.496 e. The standard InChI is InChI=1S/C53H73FN10O6S/c1-8-10-21-57-48-41(32(3)59-52(55)62-48)28-37-13-15-39(30-44(37)68-7)47(51(67)70-26-20-45-34(5)58-31-71-45)46(50(66)69-25-19-35-16-22-64(6)23-17-35)38-14-12-36(43(54)29-38)27-42-33(4)60-53(56)63-49(42)61-40(11-9-2)18-24-65/h12-15,29-31,35,40,46-47,65H,8-11,16-28H2,1-7H3,(H3,55,57,59,62)(H3,56,60,61,63). The molecule has 1 fully saturated rings. The van der Waals surface area contributed by atoms with Gasteiger partial charge in [-0.25, -0.2) is 19.3 Å². The molecule has 4 heterocycles. The number of thiazole rings is 1. The number of ether oxygens (including phenoxy) is 3. The van der Waals surface area contributed by atoms with E-state index in [9.17, 15) is 14.7 Å². The first-order valence-electron chi connectivity index (χ1n) is 25.0. The van der Waals surface area contributed by atoms with Crippen molar-refractivity contribution in [3.8, 4) is 5.75 Å². The van der Waals surface area contributed by atoms with Gasteiger partial charge in [-0.1, -0.05) is 51.0 Å². The van der Waals surface area contributed by atoms with E-state index in [0.717, 1.165) is 73.3 Å². The number of nitrogen functional groups attached to an aromatic ring is 2. The van der Waals surface area contributed by atoms with E-state index in [1.807, 2.05) is 19.9 Å². The van der Waals surface area contributed by atoms with E-state index in [4.69, 9.17) is 25.7 Å². The van der Waals surface area contributed by atoms with E-state index in [-0.39, 0.29) is 49.7 Å². The Morgan fingerprint density at radius 1 is 0.845 bits per heavy atom. The number of aromatic nitrogens is 5. The number of hydrogen-bond acceptors (Lipinski definition) is 17. The summed E-state index contributed by atoms with van der Waals surface area (Å²) in [6, 6.07) is 9.93. The number of aliphatic hydroxyl groups excluding tert-OH is 1. The highest BCUT2D eigenvalue weighted by Gasteiger charge is 2.40. The van der Waals surface area contributed by atoms with Gasteiger partial charge in [0.2, 0.25) is 11.9 Å². The molecule has 1 aliphatic rings. The van der Waals surface area contributed by atoms with Crippen molar-refractivity contribution in [2.24, 2.45) is 5.92 Å². The van der Waals surface area contributed by atoms with Gasteiger partial charge in [0.05, 0.1) is 43.4 Å². The third-order valence-corrected chi connectivity index (χ3v) is 14.4. The molecule has 6 rings (SSSR count). The van der Waals surface area contributed by atoms with Crippen LogP contribution in [0.15, 0.2) is 41.9 Å². The van der Waals surface area contributed by atoms with Gasteiger partial charge in [-0.05, 0) is 120 Å². The Labute approximate surface area is 422 Å². The van der Waals surface area contributed by atoms with Crippen LogP contribution in [0.3, 0.4) is 0 Å². The van der Waals surface area contributed by atoms with Gasteiger partial charge in [0.25, 0.3) is 0 Å². The molecule has 7 N–H and O–H groups in total. The highest BCUT2D eigenvalue weighted by molar-refractivity contribution is 7.09. The van der Waals surface area contributed by atoms with Crippen molar-refractivity contribution >= 4 is 46.8 Å². The summed E-state index contributed by atoms with van der Waals surface area (Å²) in [5, 5.41) is 16.6. The van der Waals surface area contributed by atoms with Crippen LogP contribution in [0.5, 0.6) is 5.75 Å². The number of carbonyl (C=O) groups is 2. The maximum Gasteiger partial charge on any atom is 0.314 e. The summed E-state index contributed by atoms with van der Waals surface area (Å²) in [6.07, 6.45) is 7.61. The fraction of sp³-hybridized carbons (Fsp3) is 0.528. The second-order valence-corrected chi connectivity index (χ2v) is 19.6. The van der Waals surface area contributed by atoms with Gasteiger partial charge >= 0.3 is 11.9 Å². The number of piperidine rings is 1. The lowest BCUT2D eigenvalue weighted by Gasteiger charge is -2.29. The zero-order valence-electron chi connectivity index (χ0n) is 42.5. The first kappa shape index (κ1) is 54.4. The topological polar surface area (TPSA) is 226 Å². The predicted octanol–water partition coefficient (Wildman–Crippen LogP) is 8.25. The molecule has 2 aromatic carbocycles. The molecule has 18 heteroatoms. The summed E-state index contributed by atoms with van der Waals surface area (Å²) in [6.45, 7) is 12.5. The number of halogens is 1. The molecule has 0 bridgehead atoms. The molecule has 1 aliphatic heterocycles. The van der Waals surface area contributed by atoms with Crippen LogP contribution in [0.2, 0.25) is 0 Å². The maximum atomic E-state index is 16.9. The number of carbonyl (C=O) groups excluding carboxylic acids is 2. The van der Waals surface area contributed by atoms with E-state index < -0.39 is 29.6 Å². The third kappa shape index (κ3) is 14.8. The molecule has 384 valence electrons. The fourth-order valence-electron chi connectivity index (χ4n) is 9.27. The number of benzene rings is 2. The predicted molar refractivity (Wildman–Crippen MR) is 278 cm³/mol. The van der Waals surface area contributed by atoms with E-state index >= 15 is 4.39 Å². The molecule has 1 saturated heterocycles. The van der Waals surface area contributed by atoms with Gasteiger partial charge in [0.1, 0.15) is 23.2 Å². The van der Waals surface area contributed by atoms with Crippen LogP contribution in [0.25, 0.3) is 0 Å². The van der Waals surface area contributed by atoms with Gasteiger partial charge in [0.15, 0.2) is 0 Å². The number of esters is 2. The molecule has 16 nitrogen and oxygen atoms in total. The molecule has 0 radical (unpaired) electrons. The Hall–Kier alpha value is -5.98. The fourth-order valence-corrected chi connectivity index (χ4v) is 10.0. The van der Waals surface area contributed by atoms with Gasteiger partial charge in [-0.3, -0.25) is 9.59 Å². The minimum Gasteiger partial charge on any atom is -0.496 e. The molecule has 5 aromatic rings. The normalized spacial score (nSPS) is 14.4. The van der Waals surface area contributed by atoms with Crippen molar-refractivity contribution in [2.75, 3.05) is 75.7 Å². The number of likely N-dealkylation sites (tertiary alicyclic amines) is 1. The van der Waals surface area contributed by atoms with E-state index in [0.29, 0.717) is 83.6 Å². The molecule has 71 heavy (non-hydrogen) atoms. The Bertz CT molecular complexity index is 2550. The Morgan fingerprint density at radius 3 is 2.07 bits per heavy atom. The average Bonchev–Trinajstić information content (AvgIpc) is 3.75. The number of rotatable bonds is 26. The zero-order valence-corrected chi connectivity index (χ0v) is 43.3. The van der Waals surface area contributed by atoms with E-state index in [1.165, 1.54) is 17.4 Å². The highest BCUT2D eigenvalue weighted by atomic mass is 32.1. The van der Waals surface area contributed by atoms with Crippen LogP contribution in [0, 0.1) is 32.5 Å². The van der Waals surface area contributed by atoms with Crippen molar-refractivity contribution in [3.05, 3.63) is 103 Å². The number of methoxy groups -OCH3 is 1. The molecule has 3 aromatic heterocycles. The number of aryl methyl sites for hydroxylation is 3. The van der Waals surface area contributed by atoms with Crippen LogP contribution < -0.4 is 26.8 Å². The number of aliphatic hydroxyl groups is 1. The summed E-state index contributed by atoms with van der Waals surface area (Å²) < 4.78 is 35.2. The molecular weight excluding hydrogens is 924 g/mol. The molecule has 0 amide bonds. The van der Waals surface area contributed by atoms with Crippen molar-refractivity contribution in [3.63, 3.8) is 0 Å². The number of hydrogen-bond donors (Lipinski definition) is 5. The molecule has 3 atom stereocenters. The Balaban J connectivity index is 1.41. The number of anilines is 4. The zero-order chi connectivity index (χ0) is 51.0. The summed E-state index contributed by atoms with van der Waals surface area (Å²) in [4.78, 5) is 55.2. The molecule has 0 aliphatic carbocycles. The maximum absolute atomic E-state index is 16.9. The minimum atomic E-state index is -1.32. The first-order valence-corrected chi connectivity index (χ1v) is 25.8. The summed E-state index contributed by atoms with van der Waals surface area (Å²) in [5.74, 6) is -2.38. The smallest absolute Gasteiger partial charge is 0.314 e. The SMILES string of the molecule is CCCCNc1nc(N)nc(C)c1Cc1ccc(C(C(=O)OCCc2scnc2C)C(C(=O)OCCC2CCN(C)CC2)c2ccc(Cc3c(C)nc(N)nc3NC(CCC)CCO)c(F)c2)cc1OC. The Morgan fingerprint density at radius 2 is 1.46 bits per heavy atom. The highest BCUT2D eigenvalue weighted by Crippen LogP contribution is 2.40. The number of nitrogens with zero attached hydrogens (tertiary/aromatic N) is 6. The molecule has 0 spiro atoms. The van der Waals surface area contributed by atoms with E-state index in [2.05, 4.69) is 61.3 Å². The van der Waals surface area contributed by atoms with Crippen LogP contribution in [0.1, 0.15) is 132 Å². The van der Waals surface area contributed by atoms with Crippen LogP contribution in [-0.2, 0) is 38.3 Å². The molecule has 3 unspecified atom stereocenters. The van der Waals surface area contributed by atoms with Crippen LogP contribution in [-0.4, -0.2) is 107 Å². The average molecular weight is 997 g/mol. The molecule has 0 saturated carbocycles. The Kier molecular flexibility index (Phi) is 20.3. The second-order valence-electron chi connectivity index (χ2n) is 18.6. The van der Waals surface area contributed by atoms with Gasteiger partial charge in [-0.15, -0.1) is 11.3 Å². The van der Waals surface area contributed by atoms with E-state index in [1.54, 1.807) is 43.8 Å².